The van der Waals surface area contributed by atoms with Gasteiger partial charge >= 0.3 is 6.09 Å². The highest BCUT2D eigenvalue weighted by Gasteiger charge is 2.23. The first-order valence-corrected chi connectivity index (χ1v) is 11.5. The van der Waals surface area contributed by atoms with Crippen molar-refractivity contribution in [3.05, 3.63) is 60.2 Å². The fourth-order valence-corrected chi connectivity index (χ4v) is 3.54. The first kappa shape index (κ1) is 25.7. The van der Waals surface area contributed by atoms with Crippen molar-refractivity contribution in [1.82, 2.24) is 4.90 Å². The number of carbonyl (C=O) groups is 1. The minimum Gasteiger partial charge on any atom is -0.465 e. The molecule has 0 saturated heterocycles. The van der Waals surface area contributed by atoms with Gasteiger partial charge < -0.3 is 14.2 Å². The van der Waals surface area contributed by atoms with Gasteiger partial charge in [-0.25, -0.2) is 4.79 Å². The number of ether oxygens (including phenoxy) is 3. The van der Waals surface area contributed by atoms with Crippen LogP contribution in [-0.4, -0.2) is 30.6 Å². The maximum absolute atomic E-state index is 12.4. The third-order valence-corrected chi connectivity index (χ3v) is 5.30. The summed E-state index contributed by atoms with van der Waals surface area (Å²) in [7, 11) is 0. The summed E-state index contributed by atoms with van der Waals surface area (Å²) in [5, 5.41) is 0. The maximum Gasteiger partial charge on any atom is 0.417 e. The second kappa shape index (κ2) is 11.9. The van der Waals surface area contributed by atoms with Crippen molar-refractivity contribution in [2.24, 2.45) is 11.3 Å². The molecule has 5 nitrogen and oxygen atoms in total. The van der Waals surface area contributed by atoms with Crippen molar-refractivity contribution in [3.63, 3.8) is 0 Å². The summed E-state index contributed by atoms with van der Waals surface area (Å²) in [5.41, 5.74) is 1.61. The fourth-order valence-electron chi connectivity index (χ4n) is 3.54. The van der Waals surface area contributed by atoms with Crippen LogP contribution < -0.4 is 9.47 Å². The Morgan fingerprint density at radius 3 is 2.09 bits per heavy atom. The summed E-state index contributed by atoms with van der Waals surface area (Å²) in [6, 6.07) is 17.3. The quantitative estimate of drug-likeness (QED) is 0.370. The lowest BCUT2D eigenvalue weighted by atomic mass is 9.76. The molecule has 0 N–H and O–H groups in total. The van der Waals surface area contributed by atoms with Crippen LogP contribution in [0.3, 0.4) is 0 Å². The molecule has 0 aromatic heterocycles. The van der Waals surface area contributed by atoms with Crippen LogP contribution in [0.5, 0.6) is 11.5 Å². The zero-order chi connectivity index (χ0) is 23.7. The van der Waals surface area contributed by atoms with E-state index >= 15 is 0 Å². The highest BCUT2D eigenvalue weighted by Crippen LogP contribution is 2.36. The number of nitrogens with zero attached hydrogens (tertiary/aromatic N) is 1. The third-order valence-electron chi connectivity index (χ3n) is 5.30. The molecule has 176 valence electrons. The Labute approximate surface area is 193 Å². The van der Waals surface area contributed by atoms with E-state index < -0.39 is 12.4 Å². The molecule has 0 fully saturated rings. The van der Waals surface area contributed by atoms with Gasteiger partial charge in [-0.2, -0.15) is 0 Å². The van der Waals surface area contributed by atoms with Crippen molar-refractivity contribution in [2.75, 3.05) is 13.3 Å². The van der Waals surface area contributed by atoms with Gasteiger partial charge in [0.25, 0.3) is 0 Å². The van der Waals surface area contributed by atoms with E-state index in [-0.39, 0.29) is 12.1 Å². The van der Waals surface area contributed by atoms with E-state index in [2.05, 4.69) is 46.8 Å². The van der Waals surface area contributed by atoms with Crippen molar-refractivity contribution >= 4 is 6.09 Å². The zero-order valence-electron chi connectivity index (χ0n) is 20.6. The summed E-state index contributed by atoms with van der Waals surface area (Å²) >= 11 is 0. The highest BCUT2D eigenvalue weighted by atomic mass is 16.7. The average Bonchev–Trinajstić information content (AvgIpc) is 2.73. The molecule has 2 aromatic rings. The number of hydrogen-bond donors (Lipinski definition) is 0. The van der Waals surface area contributed by atoms with Crippen molar-refractivity contribution in [3.8, 4) is 11.5 Å². The van der Waals surface area contributed by atoms with Crippen LogP contribution in [0.2, 0.25) is 0 Å². The molecular weight excluding hydrogens is 402 g/mol. The third kappa shape index (κ3) is 8.54. The molecule has 0 aliphatic rings. The monoisotopic (exact) mass is 441 g/mol. The van der Waals surface area contributed by atoms with E-state index in [1.807, 2.05) is 44.2 Å². The molecule has 0 aliphatic heterocycles. The lowest BCUT2D eigenvalue weighted by molar-refractivity contribution is -0.0986. The normalized spacial score (nSPS) is 13.5. The number of carbonyl (C=O) groups excluding carboxylic acids is 1. The Bertz CT molecular complexity index is 812. The van der Waals surface area contributed by atoms with Crippen LogP contribution >= 0.6 is 0 Å². The number of hydrogen-bond acceptors (Lipinski definition) is 4. The first-order chi connectivity index (χ1) is 15.1. The van der Waals surface area contributed by atoms with Crippen LogP contribution in [0.1, 0.15) is 66.4 Å². The Balaban J connectivity index is 1.89. The van der Waals surface area contributed by atoms with E-state index in [1.54, 1.807) is 12.1 Å². The van der Waals surface area contributed by atoms with Gasteiger partial charge in [0.05, 0.1) is 0 Å². The molecule has 2 unspecified atom stereocenters. The fraction of sp³-hybridized carbons (Fsp3) is 0.519. The summed E-state index contributed by atoms with van der Waals surface area (Å²) in [6.45, 7) is 15.7. The number of amides is 1. The Morgan fingerprint density at radius 2 is 1.56 bits per heavy atom. The summed E-state index contributed by atoms with van der Waals surface area (Å²) < 4.78 is 17.0. The topological polar surface area (TPSA) is 48.0 Å². The SMILES string of the molecule is CCN(COC(C)Oc1ccc(C(CC(C)(C)C)C(C)C)cc1)C(=O)Oc1ccccc1. The van der Waals surface area contributed by atoms with Gasteiger partial charge in [0.15, 0.2) is 6.29 Å². The van der Waals surface area contributed by atoms with Gasteiger partial charge in [0.2, 0.25) is 0 Å². The van der Waals surface area contributed by atoms with E-state index in [9.17, 15) is 4.79 Å². The zero-order valence-corrected chi connectivity index (χ0v) is 20.6. The molecule has 5 heteroatoms. The van der Waals surface area contributed by atoms with E-state index in [4.69, 9.17) is 14.2 Å². The summed E-state index contributed by atoms with van der Waals surface area (Å²) in [5.74, 6) is 2.33. The smallest absolute Gasteiger partial charge is 0.417 e. The van der Waals surface area contributed by atoms with Crippen LogP contribution in [0.25, 0.3) is 0 Å². The molecule has 0 heterocycles. The van der Waals surface area contributed by atoms with E-state index in [0.717, 1.165) is 12.2 Å². The molecule has 0 radical (unpaired) electrons. The lowest BCUT2D eigenvalue weighted by Crippen LogP contribution is -2.37. The van der Waals surface area contributed by atoms with Crippen LogP contribution in [0, 0.1) is 11.3 Å². The second-order valence-electron chi connectivity index (χ2n) is 9.70. The van der Waals surface area contributed by atoms with Gasteiger partial charge in [0.1, 0.15) is 18.2 Å². The largest absolute Gasteiger partial charge is 0.465 e. The predicted molar refractivity (Wildman–Crippen MR) is 129 cm³/mol. The predicted octanol–water partition coefficient (Wildman–Crippen LogP) is 7.08. The molecule has 0 spiro atoms. The molecular formula is C27H39NO4. The van der Waals surface area contributed by atoms with E-state index in [0.29, 0.717) is 24.1 Å². The van der Waals surface area contributed by atoms with Gasteiger partial charge in [-0.3, -0.25) is 4.90 Å². The van der Waals surface area contributed by atoms with Crippen molar-refractivity contribution < 1.29 is 19.0 Å². The first-order valence-electron chi connectivity index (χ1n) is 11.5. The van der Waals surface area contributed by atoms with Gasteiger partial charge in [-0.1, -0.05) is 65.0 Å². The molecule has 2 aromatic carbocycles. The maximum atomic E-state index is 12.4. The molecule has 1 amide bonds. The van der Waals surface area contributed by atoms with Crippen LogP contribution in [-0.2, 0) is 4.74 Å². The Morgan fingerprint density at radius 1 is 0.938 bits per heavy atom. The van der Waals surface area contributed by atoms with Crippen LogP contribution in [0.15, 0.2) is 54.6 Å². The summed E-state index contributed by atoms with van der Waals surface area (Å²) in [4.78, 5) is 13.8. The average molecular weight is 442 g/mol. The molecule has 32 heavy (non-hydrogen) atoms. The van der Waals surface area contributed by atoms with Gasteiger partial charge in [0, 0.05) is 6.54 Å². The molecule has 0 saturated carbocycles. The number of benzene rings is 2. The number of rotatable bonds is 10. The minimum atomic E-state index is -0.505. The summed E-state index contributed by atoms with van der Waals surface area (Å²) in [6.07, 6.45) is 0.180. The lowest BCUT2D eigenvalue weighted by Gasteiger charge is -2.29. The van der Waals surface area contributed by atoms with Gasteiger partial charge in [-0.05, 0) is 67.3 Å². The van der Waals surface area contributed by atoms with Crippen molar-refractivity contribution in [2.45, 2.75) is 67.1 Å². The highest BCUT2D eigenvalue weighted by molar-refractivity contribution is 5.70. The Kier molecular flexibility index (Phi) is 9.58. The standard InChI is InChI=1S/C27H39NO4/c1-8-28(26(29)32-23-12-10-9-11-13-23)19-30-21(4)31-24-16-14-22(15-17-24)25(20(2)3)18-27(5,6)7/h9-17,20-21,25H,8,18-19H2,1-7H3. The molecule has 0 bridgehead atoms. The van der Waals surface area contributed by atoms with Gasteiger partial charge in [-0.15, -0.1) is 0 Å². The molecule has 2 atom stereocenters. The van der Waals surface area contributed by atoms with Crippen molar-refractivity contribution in [1.29, 1.82) is 0 Å². The molecule has 0 aliphatic carbocycles. The van der Waals surface area contributed by atoms with Crippen LogP contribution in [0.4, 0.5) is 4.79 Å². The second-order valence-corrected chi connectivity index (χ2v) is 9.70. The van der Waals surface area contributed by atoms with E-state index in [1.165, 1.54) is 10.5 Å². The Hall–Kier alpha value is -2.53. The minimum absolute atomic E-state index is 0.0857. The number of para-hydroxylation sites is 1. The molecule has 2 rings (SSSR count).